The van der Waals surface area contributed by atoms with Gasteiger partial charge in [0, 0.05) is 26.0 Å². The number of rotatable bonds is 6. The normalized spacial score (nSPS) is 14.7. The van der Waals surface area contributed by atoms with Crippen LogP contribution < -0.4 is 10.6 Å². The standard InChI is InChI=1S/C26H30N8O2/c1-27-24-22(19-13-28-14-20-21(19)29-15-34(20)3)31-23(26(35)36-4)25(32-24)30-18-7-5-6-17(12-18)16-8-10-33(2)11-9-16/h5-7,12-16H,8-11H2,1-4H3,(H2,27,30,32). The lowest BCUT2D eigenvalue weighted by atomic mass is 9.89. The van der Waals surface area contributed by atoms with Crippen molar-refractivity contribution >= 4 is 34.3 Å². The molecule has 36 heavy (non-hydrogen) atoms. The van der Waals surface area contributed by atoms with E-state index >= 15 is 0 Å². The zero-order valence-electron chi connectivity index (χ0n) is 20.9. The zero-order chi connectivity index (χ0) is 25.2. The first-order valence-corrected chi connectivity index (χ1v) is 12.0. The lowest BCUT2D eigenvalue weighted by Crippen LogP contribution is -2.29. The second-order valence-electron chi connectivity index (χ2n) is 9.10. The Hall–Kier alpha value is -4.05. The van der Waals surface area contributed by atoms with Gasteiger partial charge in [0.25, 0.3) is 0 Å². The molecule has 1 fully saturated rings. The first-order chi connectivity index (χ1) is 17.5. The molecule has 1 saturated heterocycles. The fraction of sp³-hybridized carbons (Fsp3) is 0.346. The fourth-order valence-corrected chi connectivity index (χ4v) is 4.69. The number of hydrogen-bond acceptors (Lipinski definition) is 9. The number of pyridine rings is 1. The Morgan fingerprint density at radius 3 is 2.67 bits per heavy atom. The van der Waals surface area contributed by atoms with Crippen LogP contribution in [0.25, 0.3) is 22.3 Å². The lowest BCUT2D eigenvalue weighted by Gasteiger charge is -2.29. The highest BCUT2D eigenvalue weighted by atomic mass is 16.5. The van der Waals surface area contributed by atoms with Crippen molar-refractivity contribution in [3.05, 3.63) is 54.2 Å². The van der Waals surface area contributed by atoms with Crippen LogP contribution in [-0.4, -0.2) is 69.7 Å². The van der Waals surface area contributed by atoms with E-state index in [0.717, 1.165) is 42.7 Å². The van der Waals surface area contributed by atoms with Crippen LogP contribution in [0.2, 0.25) is 0 Å². The molecule has 1 aliphatic heterocycles. The highest BCUT2D eigenvalue weighted by Gasteiger charge is 2.24. The average Bonchev–Trinajstić information content (AvgIpc) is 3.29. The molecule has 4 heterocycles. The van der Waals surface area contributed by atoms with Gasteiger partial charge in [-0.25, -0.2) is 19.7 Å². The molecule has 3 aromatic heterocycles. The van der Waals surface area contributed by atoms with Crippen LogP contribution in [0.4, 0.5) is 17.3 Å². The van der Waals surface area contributed by atoms with Crippen molar-refractivity contribution in [1.82, 2.24) is 29.4 Å². The second-order valence-corrected chi connectivity index (χ2v) is 9.10. The van der Waals surface area contributed by atoms with Crippen LogP contribution >= 0.6 is 0 Å². The van der Waals surface area contributed by atoms with Crippen molar-refractivity contribution in [2.75, 3.05) is 44.9 Å². The Balaban J connectivity index is 1.55. The van der Waals surface area contributed by atoms with E-state index in [1.165, 1.54) is 12.7 Å². The molecule has 10 heteroatoms. The highest BCUT2D eigenvalue weighted by molar-refractivity contribution is 5.98. The number of hydrogen-bond donors (Lipinski definition) is 2. The van der Waals surface area contributed by atoms with Gasteiger partial charge in [0.2, 0.25) is 0 Å². The maximum atomic E-state index is 12.8. The van der Waals surface area contributed by atoms with Gasteiger partial charge in [-0.3, -0.25) is 4.98 Å². The Morgan fingerprint density at radius 2 is 1.92 bits per heavy atom. The largest absolute Gasteiger partial charge is 0.464 e. The number of imidazole rings is 1. The molecule has 0 radical (unpaired) electrons. The van der Waals surface area contributed by atoms with Crippen LogP contribution in [0.15, 0.2) is 43.0 Å². The van der Waals surface area contributed by atoms with Crippen LogP contribution in [0.5, 0.6) is 0 Å². The number of nitrogens with one attached hydrogen (secondary N) is 2. The smallest absolute Gasteiger partial charge is 0.360 e. The monoisotopic (exact) mass is 486 g/mol. The predicted octanol–water partition coefficient (Wildman–Crippen LogP) is 3.81. The van der Waals surface area contributed by atoms with Crippen molar-refractivity contribution in [3.63, 3.8) is 0 Å². The summed E-state index contributed by atoms with van der Waals surface area (Å²) in [4.78, 5) is 33.5. The number of esters is 1. The van der Waals surface area contributed by atoms with Crippen molar-refractivity contribution < 1.29 is 9.53 Å². The Kier molecular flexibility index (Phi) is 6.51. The minimum absolute atomic E-state index is 0.0872. The number of anilines is 3. The van der Waals surface area contributed by atoms with Gasteiger partial charge in [0.15, 0.2) is 17.3 Å². The predicted molar refractivity (Wildman–Crippen MR) is 140 cm³/mol. The summed E-state index contributed by atoms with van der Waals surface area (Å²) in [6, 6.07) is 8.29. The van der Waals surface area contributed by atoms with Crippen LogP contribution in [0.3, 0.4) is 0 Å². The van der Waals surface area contributed by atoms with Gasteiger partial charge in [-0.15, -0.1) is 0 Å². The van der Waals surface area contributed by atoms with E-state index in [9.17, 15) is 4.79 Å². The summed E-state index contributed by atoms with van der Waals surface area (Å²) in [5.41, 5.74) is 4.92. The van der Waals surface area contributed by atoms with Gasteiger partial charge in [-0.05, 0) is 56.6 Å². The topological polar surface area (TPSA) is 110 Å². The first-order valence-electron chi connectivity index (χ1n) is 12.0. The SMILES string of the molecule is CNc1nc(Nc2cccc(C3CCN(C)CC3)c2)c(C(=O)OC)nc1-c1cncc2c1ncn2C. The summed E-state index contributed by atoms with van der Waals surface area (Å²) in [5.74, 6) is 0.741. The molecule has 0 spiro atoms. The van der Waals surface area contributed by atoms with Gasteiger partial charge in [-0.2, -0.15) is 0 Å². The van der Waals surface area contributed by atoms with Gasteiger partial charge in [-0.1, -0.05) is 12.1 Å². The Morgan fingerprint density at radius 1 is 1.11 bits per heavy atom. The van der Waals surface area contributed by atoms with E-state index in [2.05, 4.69) is 44.7 Å². The van der Waals surface area contributed by atoms with Gasteiger partial charge in [0.05, 0.1) is 30.7 Å². The number of benzene rings is 1. The molecule has 2 N–H and O–H groups in total. The van der Waals surface area contributed by atoms with Crippen LogP contribution in [-0.2, 0) is 11.8 Å². The van der Waals surface area contributed by atoms with Gasteiger partial charge >= 0.3 is 5.97 Å². The van der Waals surface area contributed by atoms with Gasteiger partial charge in [0.1, 0.15) is 11.2 Å². The van der Waals surface area contributed by atoms with E-state index in [4.69, 9.17) is 14.7 Å². The maximum Gasteiger partial charge on any atom is 0.360 e. The third-order valence-corrected chi connectivity index (χ3v) is 6.74. The Bertz CT molecular complexity index is 1410. The van der Waals surface area contributed by atoms with Crippen molar-refractivity contribution in [2.24, 2.45) is 7.05 Å². The third kappa shape index (κ3) is 4.47. The minimum atomic E-state index is -0.582. The molecule has 0 amide bonds. The minimum Gasteiger partial charge on any atom is -0.464 e. The summed E-state index contributed by atoms with van der Waals surface area (Å²) < 4.78 is 6.94. The summed E-state index contributed by atoms with van der Waals surface area (Å²) in [7, 11) is 7.16. The number of carbonyl (C=O) groups is 1. The van der Waals surface area contributed by atoms with E-state index in [1.807, 2.05) is 23.7 Å². The second kappa shape index (κ2) is 9.90. The maximum absolute atomic E-state index is 12.8. The van der Waals surface area contributed by atoms with E-state index < -0.39 is 5.97 Å². The van der Waals surface area contributed by atoms with Crippen LogP contribution in [0.1, 0.15) is 34.8 Å². The first kappa shape index (κ1) is 23.7. The number of carbonyl (C=O) groups excluding carboxylic acids is 1. The summed E-state index contributed by atoms with van der Waals surface area (Å²) in [5, 5.41) is 6.42. The van der Waals surface area contributed by atoms with Crippen molar-refractivity contribution in [1.29, 1.82) is 0 Å². The quantitative estimate of drug-likeness (QED) is 0.393. The number of fused-ring (bicyclic) bond motifs is 1. The van der Waals surface area contributed by atoms with Crippen molar-refractivity contribution in [3.8, 4) is 11.3 Å². The van der Waals surface area contributed by atoms with Gasteiger partial charge < -0.3 is 24.8 Å². The number of likely N-dealkylation sites (tertiary alicyclic amines) is 1. The Labute approximate surface area is 209 Å². The van der Waals surface area contributed by atoms with E-state index in [0.29, 0.717) is 28.8 Å². The molecule has 0 bridgehead atoms. The van der Waals surface area contributed by atoms with Crippen LogP contribution in [0, 0.1) is 0 Å². The molecule has 186 valence electrons. The zero-order valence-corrected chi connectivity index (χ0v) is 20.9. The molecule has 0 unspecified atom stereocenters. The molecule has 4 aromatic rings. The molecule has 10 nitrogen and oxygen atoms in total. The summed E-state index contributed by atoms with van der Waals surface area (Å²) >= 11 is 0. The molecule has 0 saturated carbocycles. The molecule has 5 rings (SSSR count). The molecule has 1 aliphatic rings. The third-order valence-electron chi connectivity index (χ3n) is 6.74. The van der Waals surface area contributed by atoms with Crippen molar-refractivity contribution in [2.45, 2.75) is 18.8 Å². The average molecular weight is 487 g/mol. The highest BCUT2D eigenvalue weighted by Crippen LogP contribution is 2.34. The fourth-order valence-electron chi connectivity index (χ4n) is 4.69. The summed E-state index contributed by atoms with van der Waals surface area (Å²) in [6.07, 6.45) is 7.39. The number of methoxy groups -OCH3 is 1. The van der Waals surface area contributed by atoms with E-state index in [1.54, 1.807) is 25.8 Å². The lowest BCUT2D eigenvalue weighted by molar-refractivity contribution is 0.0595. The number of aromatic nitrogens is 5. The molecule has 0 atom stereocenters. The summed E-state index contributed by atoms with van der Waals surface area (Å²) in [6.45, 7) is 2.18. The molecular formula is C26H30N8O2. The number of nitrogens with zero attached hydrogens (tertiary/aromatic N) is 6. The number of piperidine rings is 1. The molecule has 0 aliphatic carbocycles. The van der Waals surface area contributed by atoms with E-state index in [-0.39, 0.29) is 5.69 Å². The number of ether oxygens (including phenoxy) is 1. The molecule has 1 aromatic carbocycles. The molecular weight excluding hydrogens is 456 g/mol. The number of aryl methyl sites for hydroxylation is 1.